The lowest BCUT2D eigenvalue weighted by molar-refractivity contribution is 0.139. The van der Waals surface area contributed by atoms with Crippen LogP contribution in [0.1, 0.15) is 38.7 Å². The Hall–Kier alpha value is -2.74. The van der Waals surface area contributed by atoms with Gasteiger partial charge in [-0.3, -0.25) is 4.90 Å². The third-order valence-electron chi connectivity index (χ3n) is 7.03. The third-order valence-corrected chi connectivity index (χ3v) is 7.03. The minimum atomic E-state index is -0.692. The number of halogens is 2. The van der Waals surface area contributed by atoms with E-state index < -0.39 is 11.6 Å². The Bertz CT molecular complexity index is 939. The molecule has 2 aliphatic rings. The number of likely N-dealkylation sites (tertiary alicyclic amines) is 1. The minimum absolute atomic E-state index is 0.0753. The first kappa shape index (κ1) is 24.4. The van der Waals surface area contributed by atoms with Gasteiger partial charge in [0.25, 0.3) is 0 Å². The molecule has 34 heavy (non-hydrogen) atoms. The lowest BCUT2D eigenvalue weighted by Gasteiger charge is -2.44. The van der Waals surface area contributed by atoms with Crippen LogP contribution in [0.2, 0.25) is 0 Å². The molecule has 0 radical (unpaired) electrons. The summed E-state index contributed by atoms with van der Waals surface area (Å²) in [6.07, 6.45) is 4.33. The summed E-state index contributed by atoms with van der Waals surface area (Å²) in [5, 5.41) is 3.10. The van der Waals surface area contributed by atoms with Crippen molar-refractivity contribution in [3.05, 3.63) is 59.8 Å². The Balaban J connectivity index is 1.20. The van der Waals surface area contributed by atoms with Crippen molar-refractivity contribution in [3.8, 4) is 0 Å². The van der Waals surface area contributed by atoms with Gasteiger partial charge in [-0.1, -0.05) is 30.3 Å². The molecule has 2 atom stereocenters. The molecule has 2 aliphatic heterocycles. The van der Waals surface area contributed by atoms with Gasteiger partial charge in [0.1, 0.15) is 5.82 Å². The number of rotatable bonds is 6. The molecule has 1 aromatic carbocycles. The maximum atomic E-state index is 14.2. The first-order valence-electron chi connectivity index (χ1n) is 12.3. The fraction of sp³-hybridized carbons (Fsp3) is 0.538. The smallest absolute Gasteiger partial charge is 0.318 e. The van der Waals surface area contributed by atoms with Crippen molar-refractivity contribution in [2.45, 2.75) is 51.7 Å². The van der Waals surface area contributed by atoms with E-state index in [9.17, 15) is 13.6 Å². The second-order valence-electron chi connectivity index (χ2n) is 9.69. The van der Waals surface area contributed by atoms with Crippen molar-refractivity contribution in [2.75, 3.05) is 37.6 Å². The van der Waals surface area contributed by atoms with E-state index in [1.54, 1.807) is 4.90 Å². The molecule has 2 saturated heterocycles. The highest BCUT2D eigenvalue weighted by molar-refractivity contribution is 5.75. The number of aromatic nitrogens is 1. The van der Waals surface area contributed by atoms with Crippen LogP contribution < -0.4 is 10.2 Å². The minimum Gasteiger partial charge on any atom is -0.350 e. The first-order valence-corrected chi connectivity index (χ1v) is 12.3. The molecule has 2 amide bonds. The number of nitrogens with zero attached hydrogens (tertiary/aromatic N) is 4. The second kappa shape index (κ2) is 11.1. The number of amides is 2. The maximum Gasteiger partial charge on any atom is 0.318 e. The second-order valence-corrected chi connectivity index (χ2v) is 9.69. The predicted molar refractivity (Wildman–Crippen MR) is 130 cm³/mol. The molecule has 2 aromatic rings. The Kier molecular flexibility index (Phi) is 7.98. The van der Waals surface area contributed by atoms with Crippen LogP contribution in [0.3, 0.4) is 0 Å². The van der Waals surface area contributed by atoms with Crippen LogP contribution in [0, 0.1) is 17.6 Å². The van der Waals surface area contributed by atoms with Crippen LogP contribution in [0.5, 0.6) is 0 Å². The highest BCUT2D eigenvalue weighted by Gasteiger charge is 2.34. The summed E-state index contributed by atoms with van der Waals surface area (Å²) in [6, 6.07) is 11.1. The average molecular weight is 472 g/mol. The van der Waals surface area contributed by atoms with E-state index in [0.717, 1.165) is 51.2 Å². The van der Waals surface area contributed by atoms with Crippen LogP contribution >= 0.6 is 0 Å². The van der Waals surface area contributed by atoms with Gasteiger partial charge in [-0.25, -0.2) is 18.6 Å². The number of urea groups is 1. The van der Waals surface area contributed by atoms with Crippen LogP contribution in [-0.4, -0.2) is 65.6 Å². The summed E-state index contributed by atoms with van der Waals surface area (Å²) < 4.78 is 27.4. The van der Waals surface area contributed by atoms with Crippen molar-refractivity contribution >= 4 is 11.8 Å². The number of benzene rings is 1. The van der Waals surface area contributed by atoms with Gasteiger partial charge in [0, 0.05) is 44.3 Å². The van der Waals surface area contributed by atoms with Gasteiger partial charge in [-0.2, -0.15) is 0 Å². The summed E-state index contributed by atoms with van der Waals surface area (Å²) in [7, 11) is 0. The van der Waals surface area contributed by atoms with E-state index in [1.165, 1.54) is 5.56 Å². The van der Waals surface area contributed by atoms with Crippen LogP contribution in [0.4, 0.5) is 19.4 Å². The molecule has 1 N–H and O–H groups in total. The molecule has 184 valence electrons. The Morgan fingerprint density at radius 3 is 2.41 bits per heavy atom. The molecule has 0 aliphatic carbocycles. The van der Waals surface area contributed by atoms with Crippen molar-refractivity contribution in [2.24, 2.45) is 5.92 Å². The van der Waals surface area contributed by atoms with E-state index in [2.05, 4.69) is 39.5 Å². The van der Waals surface area contributed by atoms with E-state index in [1.807, 2.05) is 24.8 Å². The van der Waals surface area contributed by atoms with Crippen molar-refractivity contribution in [3.63, 3.8) is 0 Å². The van der Waals surface area contributed by atoms with Crippen LogP contribution in [0.25, 0.3) is 0 Å². The van der Waals surface area contributed by atoms with E-state index in [-0.39, 0.29) is 23.9 Å². The number of piperidine rings is 1. The molecule has 8 heteroatoms. The summed E-state index contributed by atoms with van der Waals surface area (Å²) in [6.45, 7) is 8.66. The van der Waals surface area contributed by atoms with Gasteiger partial charge in [0.05, 0.1) is 6.20 Å². The fourth-order valence-electron chi connectivity index (χ4n) is 5.29. The number of carbonyl (C=O) groups excluding carboxylic acids is 1. The largest absolute Gasteiger partial charge is 0.350 e. The zero-order chi connectivity index (χ0) is 24.1. The molecule has 4 rings (SSSR count). The topological polar surface area (TPSA) is 51.7 Å². The van der Waals surface area contributed by atoms with Crippen LogP contribution in [0.15, 0.2) is 42.6 Å². The fourth-order valence-corrected chi connectivity index (χ4v) is 5.29. The summed E-state index contributed by atoms with van der Waals surface area (Å²) >= 11 is 0. The Morgan fingerprint density at radius 2 is 1.76 bits per heavy atom. The number of piperazine rings is 1. The molecule has 0 spiro atoms. The molecule has 6 nitrogen and oxygen atoms in total. The third kappa shape index (κ3) is 6.03. The standard InChI is InChI=1S/C26H35F2N5O/c1-19-16-32(25-24(28)14-23(27)15-30-25)17-20(2)33(19)26(34)29-11-8-21-9-12-31(13-10-21)18-22-6-4-3-5-7-22/h3-7,14-15,19-21H,8-13,16-18H2,1-2H3,(H,29,34)/t19-,20+. The van der Waals surface area contributed by atoms with Gasteiger partial charge in [0.15, 0.2) is 11.6 Å². The Labute approximate surface area is 200 Å². The van der Waals surface area contributed by atoms with Gasteiger partial charge < -0.3 is 15.1 Å². The molecule has 0 bridgehead atoms. The number of nitrogens with one attached hydrogen (secondary N) is 1. The first-order chi connectivity index (χ1) is 16.4. The predicted octanol–water partition coefficient (Wildman–Crippen LogP) is 4.27. The Morgan fingerprint density at radius 1 is 1.09 bits per heavy atom. The molecule has 1 aromatic heterocycles. The van der Waals surface area contributed by atoms with E-state index in [4.69, 9.17) is 0 Å². The van der Waals surface area contributed by atoms with E-state index >= 15 is 0 Å². The monoisotopic (exact) mass is 471 g/mol. The lowest BCUT2D eigenvalue weighted by atomic mass is 9.93. The lowest BCUT2D eigenvalue weighted by Crippen LogP contribution is -2.61. The van der Waals surface area contributed by atoms with Crippen molar-refractivity contribution < 1.29 is 13.6 Å². The number of hydrogen-bond acceptors (Lipinski definition) is 4. The molecule has 0 unspecified atom stereocenters. The summed E-state index contributed by atoms with van der Waals surface area (Å²) in [5.74, 6) is -0.598. The zero-order valence-corrected chi connectivity index (χ0v) is 20.1. The van der Waals surface area contributed by atoms with Gasteiger partial charge in [0.2, 0.25) is 0 Å². The summed E-state index contributed by atoms with van der Waals surface area (Å²) in [5.41, 5.74) is 1.36. The van der Waals surface area contributed by atoms with Gasteiger partial charge in [-0.15, -0.1) is 0 Å². The quantitative estimate of drug-likeness (QED) is 0.684. The average Bonchev–Trinajstić information content (AvgIpc) is 2.80. The van der Waals surface area contributed by atoms with Gasteiger partial charge in [-0.05, 0) is 57.7 Å². The SMILES string of the molecule is C[C@@H]1CN(c2ncc(F)cc2F)C[C@H](C)N1C(=O)NCCC1CCN(Cc2ccccc2)CC1. The molecular weight excluding hydrogens is 436 g/mol. The molecule has 3 heterocycles. The van der Waals surface area contributed by atoms with Crippen molar-refractivity contribution in [1.82, 2.24) is 20.1 Å². The number of anilines is 1. The highest BCUT2D eigenvalue weighted by atomic mass is 19.1. The van der Waals surface area contributed by atoms with Crippen molar-refractivity contribution in [1.29, 1.82) is 0 Å². The van der Waals surface area contributed by atoms with Gasteiger partial charge >= 0.3 is 6.03 Å². The summed E-state index contributed by atoms with van der Waals surface area (Å²) in [4.78, 5) is 23.0. The van der Waals surface area contributed by atoms with Crippen LogP contribution in [-0.2, 0) is 6.54 Å². The maximum absolute atomic E-state index is 14.2. The molecule has 2 fully saturated rings. The number of hydrogen-bond donors (Lipinski definition) is 1. The van der Waals surface area contributed by atoms with E-state index in [0.29, 0.717) is 25.6 Å². The zero-order valence-electron chi connectivity index (χ0n) is 20.1. The number of carbonyl (C=O) groups is 1. The number of pyridine rings is 1. The molecule has 0 saturated carbocycles. The molecular formula is C26H35F2N5O. The normalized spacial score (nSPS) is 22.1. The highest BCUT2D eigenvalue weighted by Crippen LogP contribution is 2.24.